The van der Waals surface area contributed by atoms with Gasteiger partial charge >= 0.3 is 0 Å². The van der Waals surface area contributed by atoms with Crippen molar-refractivity contribution in [2.75, 3.05) is 4.90 Å². The van der Waals surface area contributed by atoms with Gasteiger partial charge in [-0.15, -0.1) is 17.9 Å². The Morgan fingerprint density at radius 2 is 1.22 bits per heavy atom. The molecule has 7 aromatic carbocycles. The Balaban J connectivity index is 1.24. The summed E-state index contributed by atoms with van der Waals surface area (Å²) in [6.07, 6.45) is 7.34. The van der Waals surface area contributed by atoms with Gasteiger partial charge in [-0.25, -0.2) is 0 Å². The monoisotopic (exact) mass is 767 g/mol. The van der Waals surface area contributed by atoms with Crippen molar-refractivity contribution in [3.8, 4) is 11.1 Å². The van der Waals surface area contributed by atoms with Crippen LogP contribution in [0.1, 0.15) is 85.4 Å². The summed E-state index contributed by atoms with van der Waals surface area (Å²) in [5.41, 5.74) is 18.2. The maximum atomic E-state index is 4.19. The van der Waals surface area contributed by atoms with Crippen LogP contribution in [0.4, 0.5) is 17.1 Å². The van der Waals surface area contributed by atoms with Crippen LogP contribution in [0.3, 0.4) is 0 Å². The van der Waals surface area contributed by atoms with Gasteiger partial charge in [0.05, 0.1) is 0 Å². The first-order valence-electron chi connectivity index (χ1n) is 20.6. The van der Waals surface area contributed by atoms with Crippen LogP contribution < -0.4 is 4.90 Å². The molecule has 2 heteroatoms. The second-order valence-corrected chi connectivity index (χ2v) is 18.4. The van der Waals surface area contributed by atoms with Crippen molar-refractivity contribution in [3.63, 3.8) is 0 Å². The molecule has 0 spiro atoms. The molecule has 0 amide bonds. The van der Waals surface area contributed by atoms with E-state index in [0.29, 0.717) is 0 Å². The lowest BCUT2D eigenvalue weighted by Crippen LogP contribution is -2.17. The molecule has 8 aromatic rings. The number of fused-ring (bicyclic) bond motifs is 8. The third-order valence-electron chi connectivity index (χ3n) is 13.5. The predicted molar refractivity (Wildman–Crippen MR) is 254 cm³/mol. The lowest BCUT2D eigenvalue weighted by molar-refractivity contribution is 0.639. The summed E-state index contributed by atoms with van der Waals surface area (Å²) < 4.78 is 1.33. The highest BCUT2D eigenvalue weighted by Crippen LogP contribution is 2.55. The third-order valence-corrected chi connectivity index (χ3v) is 14.8. The number of allylic oxidation sites excluding steroid dienone is 3. The van der Waals surface area contributed by atoms with Crippen LogP contribution in [0.5, 0.6) is 0 Å². The highest BCUT2D eigenvalue weighted by molar-refractivity contribution is 7.20. The Labute approximate surface area is 347 Å². The number of rotatable bonds is 7. The third kappa shape index (κ3) is 5.21. The number of aryl methyl sites for hydroxylation is 1. The van der Waals surface area contributed by atoms with Crippen LogP contribution in [0, 0.1) is 6.92 Å². The SMILES string of the molecule is C=CCc1c(C2=C(C)C(C)(C)c3ccc(N(c4ccc5c(c4)C(C)(C)c4ccccc4-5)c4ccc5c(/C=C\C)c(C)c6ccccc6c5c4)cc32)sc2ccccc12. The van der Waals surface area contributed by atoms with E-state index in [1.807, 2.05) is 11.3 Å². The molecule has 1 heterocycles. The largest absolute Gasteiger partial charge is 0.310 e. The Hall–Kier alpha value is -5.96. The normalized spacial score (nSPS) is 15.1. The number of benzene rings is 7. The summed E-state index contributed by atoms with van der Waals surface area (Å²) in [4.78, 5) is 3.88. The Bertz CT molecular complexity index is 3090. The lowest BCUT2D eigenvalue weighted by Gasteiger charge is -2.30. The van der Waals surface area contributed by atoms with Gasteiger partial charge in [-0.3, -0.25) is 0 Å². The summed E-state index contributed by atoms with van der Waals surface area (Å²) in [5.74, 6) is 0. The average molecular weight is 768 g/mol. The first kappa shape index (κ1) is 36.4. The fourth-order valence-corrected chi connectivity index (χ4v) is 11.6. The van der Waals surface area contributed by atoms with E-state index in [1.165, 1.54) is 97.7 Å². The van der Waals surface area contributed by atoms with Crippen LogP contribution in [-0.4, -0.2) is 0 Å². The van der Waals surface area contributed by atoms with Gasteiger partial charge in [0.25, 0.3) is 0 Å². The van der Waals surface area contributed by atoms with Crippen LogP contribution in [-0.2, 0) is 17.3 Å². The minimum absolute atomic E-state index is 0.109. The minimum atomic E-state index is -0.121. The molecule has 0 fully saturated rings. The van der Waals surface area contributed by atoms with Crippen molar-refractivity contribution in [3.05, 3.63) is 196 Å². The zero-order valence-electron chi connectivity index (χ0n) is 34.6. The molecule has 0 atom stereocenters. The van der Waals surface area contributed by atoms with Gasteiger partial charge in [0.15, 0.2) is 0 Å². The number of hydrogen-bond acceptors (Lipinski definition) is 2. The van der Waals surface area contributed by atoms with E-state index < -0.39 is 0 Å². The molecular formula is C56H49NS. The molecule has 0 saturated heterocycles. The predicted octanol–water partition coefficient (Wildman–Crippen LogP) is 16.2. The molecule has 0 N–H and O–H groups in total. The summed E-state index contributed by atoms with van der Waals surface area (Å²) in [5, 5.41) is 6.46. The highest BCUT2D eigenvalue weighted by Gasteiger charge is 2.39. The first-order valence-corrected chi connectivity index (χ1v) is 21.5. The van der Waals surface area contributed by atoms with Crippen molar-refractivity contribution >= 4 is 71.7 Å². The van der Waals surface area contributed by atoms with Gasteiger partial charge < -0.3 is 4.90 Å². The van der Waals surface area contributed by atoms with Crippen molar-refractivity contribution in [2.24, 2.45) is 0 Å². The molecule has 10 rings (SSSR count). The number of thiophene rings is 1. The standard InChI is InChI=1S/C56H49NS/c1-9-17-39-34(3)40-19-11-12-20-41(40)47-31-36(25-28-42(39)47)57(38-26-29-44-43-21-13-15-23-49(43)56(7,8)51(44)33-38)37-27-30-50-48(32-37)53(35(4)55(50,5)6)54-46(18-10-2)45-22-14-16-24-52(45)58-54/h9-17,19-33H,2,18H2,1,3-8H3/b17-9-. The number of nitrogens with zero attached hydrogens (tertiary/aromatic N) is 1. The fourth-order valence-electron chi connectivity index (χ4n) is 10.3. The van der Waals surface area contributed by atoms with Crippen molar-refractivity contribution in [1.29, 1.82) is 0 Å². The van der Waals surface area contributed by atoms with Gasteiger partial charge in [0.1, 0.15) is 0 Å². The molecule has 0 aliphatic heterocycles. The van der Waals surface area contributed by atoms with Gasteiger partial charge in [0.2, 0.25) is 0 Å². The van der Waals surface area contributed by atoms with E-state index in [9.17, 15) is 0 Å². The van der Waals surface area contributed by atoms with Crippen LogP contribution >= 0.6 is 11.3 Å². The molecule has 2 aliphatic carbocycles. The Morgan fingerprint density at radius 3 is 2.02 bits per heavy atom. The minimum Gasteiger partial charge on any atom is -0.310 e. The smallest absolute Gasteiger partial charge is 0.0468 e. The summed E-state index contributed by atoms with van der Waals surface area (Å²) >= 11 is 1.93. The van der Waals surface area contributed by atoms with E-state index >= 15 is 0 Å². The number of hydrogen-bond donors (Lipinski definition) is 0. The molecular weight excluding hydrogens is 719 g/mol. The van der Waals surface area contributed by atoms with Gasteiger partial charge in [-0.05, 0) is 152 Å². The molecule has 2 aliphatic rings. The van der Waals surface area contributed by atoms with Crippen LogP contribution in [0.25, 0.3) is 54.4 Å². The topological polar surface area (TPSA) is 3.24 Å². The quantitative estimate of drug-likeness (QED) is 0.115. The first-order chi connectivity index (χ1) is 28.0. The summed E-state index contributed by atoms with van der Waals surface area (Å²) in [7, 11) is 0. The second kappa shape index (κ2) is 13.3. The van der Waals surface area contributed by atoms with Crippen LogP contribution in [0.2, 0.25) is 0 Å². The zero-order chi connectivity index (χ0) is 40.1. The lowest BCUT2D eigenvalue weighted by atomic mass is 9.82. The van der Waals surface area contributed by atoms with Crippen molar-refractivity contribution < 1.29 is 0 Å². The summed E-state index contributed by atoms with van der Waals surface area (Å²) in [6.45, 7) is 20.5. The second-order valence-electron chi connectivity index (χ2n) is 17.3. The van der Waals surface area contributed by atoms with E-state index in [4.69, 9.17) is 0 Å². The molecule has 1 aromatic heterocycles. The van der Waals surface area contributed by atoms with Gasteiger partial charge in [-0.2, -0.15) is 0 Å². The van der Waals surface area contributed by atoms with E-state index in [0.717, 1.165) is 23.5 Å². The van der Waals surface area contributed by atoms with Gasteiger partial charge in [-0.1, -0.05) is 136 Å². The molecule has 1 nitrogen and oxygen atoms in total. The maximum absolute atomic E-state index is 4.19. The Kier molecular flexibility index (Phi) is 8.34. The van der Waals surface area contributed by atoms with Crippen molar-refractivity contribution in [2.45, 2.75) is 65.7 Å². The maximum Gasteiger partial charge on any atom is 0.0468 e. The van der Waals surface area contributed by atoms with E-state index in [2.05, 4.69) is 206 Å². The van der Waals surface area contributed by atoms with E-state index in [1.54, 1.807) is 0 Å². The molecule has 0 saturated carbocycles. The van der Waals surface area contributed by atoms with Crippen LogP contribution in [0.15, 0.2) is 152 Å². The van der Waals surface area contributed by atoms with Crippen molar-refractivity contribution in [1.82, 2.24) is 0 Å². The molecule has 0 bridgehead atoms. The molecule has 0 radical (unpaired) electrons. The highest BCUT2D eigenvalue weighted by atomic mass is 32.1. The molecule has 0 unspecified atom stereocenters. The zero-order valence-corrected chi connectivity index (χ0v) is 35.4. The Morgan fingerprint density at radius 1 is 0.586 bits per heavy atom. The average Bonchev–Trinajstić information content (AvgIpc) is 3.77. The van der Waals surface area contributed by atoms with Gasteiger partial charge in [0, 0.05) is 37.5 Å². The number of anilines is 3. The molecule has 284 valence electrons. The fraction of sp³-hybridized carbons (Fsp3) is 0.179. The van der Waals surface area contributed by atoms with E-state index in [-0.39, 0.29) is 10.8 Å². The molecule has 58 heavy (non-hydrogen) atoms. The summed E-state index contributed by atoms with van der Waals surface area (Å²) in [6, 6.07) is 48.3.